The third-order valence-electron chi connectivity index (χ3n) is 6.38. The molecule has 10 heteroatoms. The number of aryl methyl sites for hydroxylation is 2. The van der Waals surface area contributed by atoms with E-state index in [0.717, 1.165) is 5.56 Å². The molecule has 0 aliphatic rings. The van der Waals surface area contributed by atoms with Crippen LogP contribution in [-0.2, 0) is 14.4 Å². The fourth-order valence-corrected chi connectivity index (χ4v) is 4.20. The summed E-state index contributed by atoms with van der Waals surface area (Å²) >= 11 is 6.60. The van der Waals surface area contributed by atoms with Gasteiger partial charge in [0.1, 0.15) is 17.6 Å². The molecule has 9 nitrogen and oxygen atoms in total. The van der Waals surface area contributed by atoms with Crippen LogP contribution in [-0.4, -0.2) is 35.5 Å². The summed E-state index contributed by atoms with van der Waals surface area (Å²) < 4.78 is 10.6. The lowest BCUT2D eigenvalue weighted by Crippen LogP contribution is -2.50. The topological polar surface area (TPSA) is 114 Å². The maximum absolute atomic E-state index is 14.0. The minimum absolute atomic E-state index is 0.146. The van der Waals surface area contributed by atoms with Crippen molar-refractivity contribution in [1.29, 1.82) is 0 Å². The summed E-state index contributed by atoms with van der Waals surface area (Å²) in [6.07, 6.45) is 0.329. The number of halogens is 1. The molecule has 1 atom stereocenters. The number of rotatable bonds is 11. The van der Waals surface area contributed by atoms with Gasteiger partial charge in [-0.25, -0.2) is 0 Å². The molecular weight excluding hydrogens is 520 g/mol. The maximum atomic E-state index is 14.0. The van der Waals surface area contributed by atoms with Crippen molar-refractivity contribution in [3.05, 3.63) is 70.4 Å². The van der Waals surface area contributed by atoms with Crippen LogP contribution in [0.2, 0.25) is 5.02 Å². The number of hydrogen-bond acceptors (Lipinski definition) is 6. The highest BCUT2D eigenvalue weighted by Gasteiger charge is 2.37. The summed E-state index contributed by atoms with van der Waals surface area (Å²) in [7, 11) is 1.49. The fourth-order valence-electron chi connectivity index (χ4n) is 3.96. The Bertz CT molecular complexity index is 1340. The third-order valence-corrected chi connectivity index (χ3v) is 6.72. The second-order valence-corrected chi connectivity index (χ2v) is 10.4. The molecule has 1 aromatic heterocycles. The summed E-state index contributed by atoms with van der Waals surface area (Å²) in [4.78, 5) is 41.9. The van der Waals surface area contributed by atoms with Gasteiger partial charge in [0.15, 0.2) is 5.82 Å². The third kappa shape index (κ3) is 7.60. The van der Waals surface area contributed by atoms with Gasteiger partial charge in [0.05, 0.1) is 12.8 Å². The average Bonchev–Trinajstić information content (AvgIpc) is 3.30. The van der Waals surface area contributed by atoms with Crippen LogP contribution in [0.5, 0.6) is 5.75 Å². The quantitative estimate of drug-likeness (QED) is 0.312. The standard InChI is InChI=1S/C29H35ClN4O5/c1-7-29(4,5)32-28(37)27(20-10-8-9-11-21(20)30)34(22-16-18(2)12-13-23(22)38-6)26(36)15-14-25(35)31-24-17-19(3)39-33-24/h8-13,16-17,27H,7,14-15H2,1-6H3,(H,32,37)(H,31,33,35)/t27-/m0/s1. The number of carbonyl (C=O) groups excluding carboxylic acids is 3. The van der Waals surface area contributed by atoms with Gasteiger partial charge in [0.25, 0.3) is 0 Å². The Morgan fingerprint density at radius 1 is 1.10 bits per heavy atom. The Morgan fingerprint density at radius 3 is 2.44 bits per heavy atom. The van der Waals surface area contributed by atoms with E-state index < -0.39 is 29.3 Å². The zero-order chi connectivity index (χ0) is 28.7. The van der Waals surface area contributed by atoms with Crippen molar-refractivity contribution in [1.82, 2.24) is 10.5 Å². The number of aromatic nitrogens is 1. The van der Waals surface area contributed by atoms with E-state index >= 15 is 0 Å². The molecule has 0 radical (unpaired) electrons. The van der Waals surface area contributed by atoms with Gasteiger partial charge in [-0.1, -0.05) is 47.9 Å². The van der Waals surface area contributed by atoms with Gasteiger partial charge in [-0.15, -0.1) is 0 Å². The Hall–Kier alpha value is -3.85. The van der Waals surface area contributed by atoms with E-state index in [-0.39, 0.29) is 18.7 Å². The molecule has 0 unspecified atom stereocenters. The number of nitrogens with zero attached hydrogens (tertiary/aromatic N) is 2. The van der Waals surface area contributed by atoms with Crippen molar-refractivity contribution in [2.24, 2.45) is 0 Å². The molecule has 1 heterocycles. The molecular formula is C29H35ClN4O5. The van der Waals surface area contributed by atoms with E-state index in [2.05, 4.69) is 15.8 Å². The number of amides is 3. The number of ether oxygens (including phenoxy) is 1. The molecule has 0 spiro atoms. The highest BCUT2D eigenvalue weighted by molar-refractivity contribution is 6.31. The number of nitrogens with one attached hydrogen (secondary N) is 2. The first-order chi connectivity index (χ1) is 18.5. The summed E-state index contributed by atoms with van der Waals surface area (Å²) in [5.41, 5.74) is 1.15. The Balaban J connectivity index is 2.06. The second kappa shape index (κ2) is 12.8. The van der Waals surface area contributed by atoms with E-state index in [1.165, 1.54) is 12.0 Å². The first-order valence-corrected chi connectivity index (χ1v) is 13.1. The van der Waals surface area contributed by atoms with Gasteiger partial charge in [-0.05, 0) is 57.9 Å². The molecule has 0 saturated heterocycles. The van der Waals surface area contributed by atoms with Crippen LogP contribution in [0.25, 0.3) is 0 Å². The number of carbonyl (C=O) groups is 3. The van der Waals surface area contributed by atoms with E-state index in [0.29, 0.717) is 34.2 Å². The molecule has 2 N–H and O–H groups in total. The number of anilines is 2. The monoisotopic (exact) mass is 554 g/mol. The van der Waals surface area contributed by atoms with Crippen molar-refractivity contribution in [2.45, 2.75) is 65.5 Å². The Kier molecular flexibility index (Phi) is 9.75. The van der Waals surface area contributed by atoms with E-state index in [9.17, 15) is 14.4 Å². The van der Waals surface area contributed by atoms with E-state index in [1.807, 2.05) is 33.8 Å². The van der Waals surface area contributed by atoms with Gasteiger partial charge in [0.2, 0.25) is 17.7 Å². The minimum Gasteiger partial charge on any atom is -0.495 e. The fraction of sp³-hybridized carbons (Fsp3) is 0.379. The van der Waals surface area contributed by atoms with Gasteiger partial charge in [-0.3, -0.25) is 19.3 Å². The highest BCUT2D eigenvalue weighted by Crippen LogP contribution is 2.38. The zero-order valence-electron chi connectivity index (χ0n) is 23.1. The molecule has 3 amide bonds. The first-order valence-electron chi connectivity index (χ1n) is 12.7. The highest BCUT2D eigenvalue weighted by atomic mass is 35.5. The smallest absolute Gasteiger partial charge is 0.248 e. The minimum atomic E-state index is -1.13. The molecule has 2 aromatic carbocycles. The molecule has 3 rings (SSSR count). The van der Waals surface area contributed by atoms with Gasteiger partial charge in [0, 0.05) is 35.0 Å². The van der Waals surface area contributed by atoms with Crippen molar-refractivity contribution < 1.29 is 23.6 Å². The summed E-state index contributed by atoms with van der Waals surface area (Å²) in [6, 6.07) is 12.7. The predicted octanol–water partition coefficient (Wildman–Crippen LogP) is 5.75. The predicted molar refractivity (Wildman–Crippen MR) is 151 cm³/mol. The summed E-state index contributed by atoms with van der Waals surface area (Å²) in [6.45, 7) is 9.36. The normalized spacial score (nSPS) is 12.0. The Morgan fingerprint density at radius 2 is 1.82 bits per heavy atom. The van der Waals surface area contributed by atoms with Crippen molar-refractivity contribution >= 4 is 40.8 Å². The van der Waals surface area contributed by atoms with Crippen molar-refractivity contribution in [3.8, 4) is 5.75 Å². The van der Waals surface area contributed by atoms with Crippen LogP contribution < -0.4 is 20.3 Å². The lowest BCUT2D eigenvalue weighted by atomic mass is 9.97. The SMILES string of the molecule is CCC(C)(C)NC(=O)[C@H](c1ccccc1Cl)N(C(=O)CCC(=O)Nc1cc(C)on1)c1cc(C)ccc1OC. The van der Waals surface area contributed by atoms with Crippen LogP contribution in [0.4, 0.5) is 11.5 Å². The molecule has 208 valence electrons. The zero-order valence-corrected chi connectivity index (χ0v) is 23.9. The van der Waals surface area contributed by atoms with E-state index in [4.69, 9.17) is 20.9 Å². The Labute approximate surface area is 233 Å². The van der Waals surface area contributed by atoms with Crippen molar-refractivity contribution in [2.75, 3.05) is 17.3 Å². The first kappa shape index (κ1) is 29.7. The lowest BCUT2D eigenvalue weighted by Gasteiger charge is -2.35. The molecule has 3 aromatic rings. The number of hydrogen-bond donors (Lipinski definition) is 2. The van der Waals surface area contributed by atoms with Crippen LogP contribution in [0, 0.1) is 13.8 Å². The van der Waals surface area contributed by atoms with Gasteiger partial charge < -0.3 is 19.9 Å². The van der Waals surface area contributed by atoms with E-state index in [1.54, 1.807) is 49.4 Å². The molecule has 0 saturated carbocycles. The molecule has 39 heavy (non-hydrogen) atoms. The summed E-state index contributed by atoms with van der Waals surface area (Å²) in [5.74, 6) is -0.0798. The van der Waals surface area contributed by atoms with Crippen molar-refractivity contribution in [3.63, 3.8) is 0 Å². The molecule has 0 aliphatic carbocycles. The average molecular weight is 555 g/mol. The molecule has 0 fully saturated rings. The largest absolute Gasteiger partial charge is 0.495 e. The lowest BCUT2D eigenvalue weighted by molar-refractivity contribution is -0.128. The maximum Gasteiger partial charge on any atom is 0.248 e. The number of benzene rings is 2. The van der Waals surface area contributed by atoms with Crippen LogP contribution in [0.15, 0.2) is 53.1 Å². The molecule has 0 aliphatic heterocycles. The summed E-state index contributed by atoms with van der Waals surface area (Å²) in [5, 5.41) is 9.76. The van der Waals surface area contributed by atoms with Crippen LogP contribution >= 0.6 is 11.6 Å². The molecule has 0 bridgehead atoms. The van der Waals surface area contributed by atoms with Gasteiger partial charge in [-0.2, -0.15) is 0 Å². The van der Waals surface area contributed by atoms with Gasteiger partial charge >= 0.3 is 0 Å². The second-order valence-electron chi connectivity index (χ2n) is 9.96. The van der Waals surface area contributed by atoms with Crippen LogP contribution in [0.3, 0.4) is 0 Å². The number of methoxy groups -OCH3 is 1. The van der Waals surface area contributed by atoms with Crippen LogP contribution in [0.1, 0.15) is 63.0 Å².